The Morgan fingerprint density at radius 3 is 2.71 bits per heavy atom. The summed E-state index contributed by atoms with van der Waals surface area (Å²) in [5.41, 5.74) is 6.20. The van der Waals surface area contributed by atoms with E-state index in [9.17, 15) is 23.7 Å². The molecule has 1 unspecified atom stereocenters. The molecule has 0 aromatic heterocycles. The van der Waals surface area contributed by atoms with Crippen LogP contribution in [0.2, 0.25) is 0 Å². The van der Waals surface area contributed by atoms with Gasteiger partial charge in [0.1, 0.15) is 21.5 Å². The van der Waals surface area contributed by atoms with Crippen LogP contribution in [0.25, 0.3) is 0 Å². The lowest BCUT2D eigenvalue weighted by Gasteiger charge is -2.37. The maximum atomic E-state index is 14.6. The molecule has 0 spiro atoms. The fraction of sp³-hybridized carbons (Fsp3) is 0.273. The minimum atomic E-state index is -1.15. The summed E-state index contributed by atoms with van der Waals surface area (Å²) in [4.78, 5) is 27.1. The van der Waals surface area contributed by atoms with Crippen LogP contribution in [0.3, 0.4) is 0 Å². The van der Waals surface area contributed by atoms with Crippen molar-refractivity contribution < 1.29 is 23.3 Å². The molecule has 186 valence electrons. The van der Waals surface area contributed by atoms with Gasteiger partial charge >= 0.3 is 6.03 Å². The Labute approximate surface area is 204 Å². The first-order valence-corrected chi connectivity index (χ1v) is 11.2. The van der Waals surface area contributed by atoms with E-state index in [0.29, 0.717) is 18.2 Å². The molecule has 1 aliphatic rings. The summed E-state index contributed by atoms with van der Waals surface area (Å²) in [5, 5.41) is 20.0. The van der Waals surface area contributed by atoms with Crippen LogP contribution in [-0.4, -0.2) is 46.8 Å². The number of nitrogens with zero attached hydrogens (tertiary/aromatic N) is 4. The van der Waals surface area contributed by atoms with Crippen molar-refractivity contribution in [2.24, 2.45) is 10.8 Å². The molecule has 1 atom stereocenters. The zero-order valence-corrected chi connectivity index (χ0v) is 19.8. The van der Waals surface area contributed by atoms with E-state index in [0.717, 1.165) is 35.0 Å². The maximum absolute atomic E-state index is 14.6. The predicted molar refractivity (Wildman–Crippen MR) is 127 cm³/mol. The molecule has 3 rings (SSSR count). The second-order valence-corrected chi connectivity index (χ2v) is 8.72. The van der Waals surface area contributed by atoms with E-state index < -0.39 is 27.5 Å². The molecule has 2 aromatic rings. The summed E-state index contributed by atoms with van der Waals surface area (Å²) >= 11 is 1.11. The van der Waals surface area contributed by atoms with E-state index >= 15 is 0 Å². The van der Waals surface area contributed by atoms with Crippen molar-refractivity contribution in [3.05, 3.63) is 93.4 Å². The van der Waals surface area contributed by atoms with Crippen molar-refractivity contribution in [2.75, 3.05) is 20.7 Å². The van der Waals surface area contributed by atoms with Crippen LogP contribution in [0.5, 0.6) is 0 Å². The summed E-state index contributed by atoms with van der Waals surface area (Å²) in [7, 11) is 2.72. The molecule has 10 nitrogen and oxygen atoms in total. The first kappa shape index (κ1) is 25.9. The van der Waals surface area contributed by atoms with Crippen LogP contribution in [-0.2, 0) is 9.71 Å². The number of thioether (sulfide) groups is 1. The van der Waals surface area contributed by atoms with Gasteiger partial charge in [0.2, 0.25) is 0 Å². The SMILES string of the molecule is CON(C)C(=O)N1N=C(c2cc(F)ccc2F)SC1(CCCN/C(N)=C\[N+](=O)[O-])c1ccccc1. The van der Waals surface area contributed by atoms with Crippen molar-refractivity contribution in [1.29, 1.82) is 0 Å². The lowest BCUT2D eigenvalue weighted by atomic mass is 10.0. The largest absolute Gasteiger partial charge is 0.380 e. The van der Waals surface area contributed by atoms with Gasteiger partial charge in [-0.05, 0) is 36.6 Å². The molecule has 0 bridgehead atoms. The first-order valence-electron chi connectivity index (χ1n) is 10.4. The van der Waals surface area contributed by atoms with Gasteiger partial charge in [-0.25, -0.2) is 18.6 Å². The Morgan fingerprint density at radius 2 is 2.06 bits per heavy atom. The van der Waals surface area contributed by atoms with Crippen molar-refractivity contribution in [2.45, 2.75) is 17.7 Å². The van der Waals surface area contributed by atoms with E-state index in [4.69, 9.17) is 10.6 Å². The highest BCUT2D eigenvalue weighted by molar-refractivity contribution is 8.15. The summed E-state index contributed by atoms with van der Waals surface area (Å²) < 4.78 is 28.6. The quantitative estimate of drug-likeness (QED) is 0.303. The number of hydrogen-bond donors (Lipinski definition) is 2. The molecule has 0 fully saturated rings. The number of nitrogens with one attached hydrogen (secondary N) is 1. The van der Waals surface area contributed by atoms with Crippen molar-refractivity contribution >= 4 is 22.8 Å². The molecule has 0 saturated carbocycles. The van der Waals surface area contributed by atoms with Crippen molar-refractivity contribution in [3.63, 3.8) is 0 Å². The van der Waals surface area contributed by atoms with Crippen molar-refractivity contribution in [1.82, 2.24) is 15.4 Å². The number of benzene rings is 2. The highest BCUT2D eigenvalue weighted by Crippen LogP contribution is 2.50. The molecule has 2 aromatic carbocycles. The molecule has 13 heteroatoms. The van der Waals surface area contributed by atoms with Gasteiger partial charge in [-0.15, -0.1) is 0 Å². The van der Waals surface area contributed by atoms with E-state index in [1.807, 2.05) is 6.07 Å². The van der Waals surface area contributed by atoms with Gasteiger partial charge in [-0.3, -0.25) is 15.0 Å². The highest BCUT2D eigenvalue weighted by atomic mass is 32.2. The lowest BCUT2D eigenvalue weighted by molar-refractivity contribution is -0.403. The van der Waals surface area contributed by atoms with Crippen LogP contribution < -0.4 is 11.1 Å². The van der Waals surface area contributed by atoms with E-state index in [1.165, 1.54) is 19.2 Å². The number of hydrazone groups is 1. The number of urea groups is 1. The number of halogens is 2. The third-order valence-electron chi connectivity index (χ3n) is 5.17. The Kier molecular flexibility index (Phi) is 8.25. The second-order valence-electron chi connectivity index (χ2n) is 7.46. The Balaban J connectivity index is 2.01. The van der Waals surface area contributed by atoms with E-state index in [-0.39, 0.29) is 29.4 Å². The summed E-state index contributed by atoms with van der Waals surface area (Å²) in [6.45, 7) is 0.247. The summed E-state index contributed by atoms with van der Waals surface area (Å²) in [6.07, 6.45) is 1.32. The maximum Gasteiger partial charge on any atom is 0.365 e. The zero-order chi connectivity index (χ0) is 25.6. The molecule has 0 radical (unpaired) electrons. The minimum absolute atomic E-state index is 0.0815. The number of hydroxylamine groups is 2. The Bertz CT molecular complexity index is 1150. The standard InChI is InChI=1S/C22H24F2N6O4S/c1-28(34-2)21(31)30-22(15-7-4-3-5-8-15,11-6-12-26-19(25)14-29(32)33)35-20(27-30)17-13-16(23)9-10-18(17)24/h3-5,7-10,13-14,26H,6,11-12,25H2,1-2H3/b19-14-. The van der Waals surface area contributed by atoms with Gasteiger partial charge in [0.25, 0.3) is 6.20 Å². The number of carbonyl (C=O) groups excluding carboxylic acids is 1. The average molecular weight is 507 g/mol. The Hall–Kier alpha value is -3.71. The highest BCUT2D eigenvalue weighted by Gasteiger charge is 2.49. The Morgan fingerprint density at radius 1 is 1.34 bits per heavy atom. The van der Waals surface area contributed by atoms with Gasteiger partial charge in [0.05, 0.1) is 12.0 Å². The van der Waals surface area contributed by atoms with Crippen molar-refractivity contribution in [3.8, 4) is 0 Å². The lowest BCUT2D eigenvalue weighted by Crippen LogP contribution is -2.47. The first-order chi connectivity index (χ1) is 16.7. The smallest absolute Gasteiger partial charge is 0.365 e. The number of carbonyl (C=O) groups is 1. The molecule has 2 amide bonds. The fourth-order valence-electron chi connectivity index (χ4n) is 3.48. The van der Waals surface area contributed by atoms with Crippen LogP contribution in [0.4, 0.5) is 13.6 Å². The minimum Gasteiger partial charge on any atom is -0.380 e. The fourth-order valence-corrected chi connectivity index (χ4v) is 4.89. The molecule has 0 saturated heterocycles. The van der Waals surface area contributed by atoms with Crippen LogP contribution in [0.15, 0.2) is 65.7 Å². The summed E-state index contributed by atoms with van der Waals surface area (Å²) in [5.74, 6) is -1.45. The van der Waals surface area contributed by atoms with Gasteiger partial charge in [-0.2, -0.15) is 10.1 Å². The topological polar surface area (TPSA) is 126 Å². The van der Waals surface area contributed by atoms with Crippen LogP contribution >= 0.6 is 11.8 Å². The summed E-state index contributed by atoms with van der Waals surface area (Å²) in [6, 6.07) is 11.4. The monoisotopic (exact) mass is 506 g/mol. The van der Waals surface area contributed by atoms with Crippen LogP contribution in [0.1, 0.15) is 24.0 Å². The van der Waals surface area contributed by atoms with Gasteiger partial charge < -0.3 is 11.1 Å². The van der Waals surface area contributed by atoms with E-state index in [2.05, 4.69) is 10.4 Å². The number of nitrogens with two attached hydrogens (primary N) is 1. The normalized spacial score (nSPS) is 17.8. The molecule has 1 aliphatic heterocycles. The number of hydrogen-bond acceptors (Lipinski definition) is 8. The number of amides is 2. The van der Waals surface area contributed by atoms with Gasteiger partial charge in [0.15, 0.2) is 5.82 Å². The van der Waals surface area contributed by atoms with E-state index in [1.54, 1.807) is 24.3 Å². The van der Waals surface area contributed by atoms with Gasteiger partial charge in [-0.1, -0.05) is 42.1 Å². The number of nitro groups is 1. The average Bonchev–Trinajstić information content (AvgIpc) is 3.23. The van der Waals surface area contributed by atoms with Gasteiger partial charge in [0, 0.05) is 19.2 Å². The number of rotatable bonds is 9. The second kappa shape index (κ2) is 11.1. The molecular formula is C22H24F2N6O4S. The molecule has 0 aliphatic carbocycles. The predicted octanol–water partition coefficient (Wildman–Crippen LogP) is 3.55. The molecule has 35 heavy (non-hydrogen) atoms. The molecule has 3 N–H and O–H groups in total. The third kappa shape index (κ3) is 5.87. The molecular weight excluding hydrogens is 482 g/mol. The third-order valence-corrected chi connectivity index (χ3v) is 6.62. The molecule has 1 heterocycles. The zero-order valence-electron chi connectivity index (χ0n) is 19.0. The van der Waals surface area contributed by atoms with Crippen LogP contribution in [0, 0.1) is 21.7 Å².